The number of aryl methyl sites for hydroxylation is 1. The van der Waals surface area contributed by atoms with E-state index in [0.29, 0.717) is 29.9 Å². The Labute approximate surface area is 232 Å². The highest BCUT2D eigenvalue weighted by Gasteiger charge is 2.32. The minimum Gasteiger partial charge on any atom is -0.454 e. The molecular formula is C26H32ClN5O6S. The number of rotatable bonds is 7. The number of carbonyl (C=O) groups excluding carboxylic acids is 2. The van der Waals surface area contributed by atoms with Gasteiger partial charge in [-0.1, -0.05) is 18.0 Å². The monoisotopic (exact) mass is 577 g/mol. The number of aliphatic imine (C=N–C) groups is 1. The number of fused-ring (bicyclic) bond motifs is 2. The second-order valence-corrected chi connectivity index (χ2v) is 12.0. The minimum atomic E-state index is -4.00. The van der Waals surface area contributed by atoms with Gasteiger partial charge in [0.25, 0.3) is 11.8 Å². The maximum atomic E-state index is 13.5. The van der Waals surface area contributed by atoms with Crippen molar-refractivity contribution in [2.45, 2.75) is 36.8 Å². The highest BCUT2D eigenvalue weighted by Crippen LogP contribution is 2.45. The van der Waals surface area contributed by atoms with Crippen molar-refractivity contribution in [1.29, 1.82) is 0 Å². The van der Waals surface area contributed by atoms with Gasteiger partial charge < -0.3 is 30.7 Å². The number of hydrogen-bond acceptors (Lipinski definition) is 7. The summed E-state index contributed by atoms with van der Waals surface area (Å²) in [5.74, 6) is -1.72. The molecule has 0 spiro atoms. The zero-order valence-electron chi connectivity index (χ0n) is 21.9. The number of likely N-dealkylation sites (tertiary alicyclic amines) is 1. The summed E-state index contributed by atoms with van der Waals surface area (Å²) in [6, 6.07) is 5.84. The Morgan fingerprint density at radius 1 is 1.13 bits per heavy atom. The van der Waals surface area contributed by atoms with Gasteiger partial charge in [0.2, 0.25) is 0 Å². The number of amides is 2. The quantitative estimate of drug-likeness (QED) is 0.372. The van der Waals surface area contributed by atoms with Gasteiger partial charge in [0, 0.05) is 37.0 Å². The van der Waals surface area contributed by atoms with E-state index in [1.54, 1.807) is 24.0 Å². The molecule has 2 aromatic carbocycles. The van der Waals surface area contributed by atoms with Crippen LogP contribution in [0.1, 0.15) is 40.7 Å². The average Bonchev–Trinajstić information content (AvgIpc) is 2.98. The molecule has 0 aromatic heterocycles. The number of hydrogen-bond donors (Lipinski definition) is 2. The number of methoxy groups -OCH3 is 1. The highest BCUT2D eigenvalue weighted by atomic mass is 35.5. The van der Waals surface area contributed by atoms with Crippen molar-refractivity contribution in [1.82, 2.24) is 4.90 Å². The number of benzene rings is 2. The van der Waals surface area contributed by atoms with Crippen LogP contribution in [-0.4, -0.2) is 71.0 Å². The van der Waals surface area contributed by atoms with Crippen LogP contribution in [0.2, 0.25) is 5.02 Å². The Hall–Kier alpha value is -3.19. The molecule has 0 atom stereocenters. The Bertz CT molecular complexity index is 1420. The maximum absolute atomic E-state index is 13.5. The smallest absolute Gasteiger partial charge is 0.280 e. The van der Waals surface area contributed by atoms with Crippen LogP contribution in [0, 0.1) is 6.92 Å². The molecule has 39 heavy (non-hydrogen) atoms. The lowest BCUT2D eigenvalue weighted by Crippen LogP contribution is -2.42. The molecule has 0 unspecified atom stereocenters. The Morgan fingerprint density at radius 2 is 1.85 bits per heavy atom. The molecule has 2 amide bonds. The normalized spacial score (nSPS) is 16.3. The third-order valence-electron chi connectivity index (χ3n) is 6.68. The Morgan fingerprint density at radius 3 is 2.51 bits per heavy atom. The van der Waals surface area contributed by atoms with Crippen molar-refractivity contribution < 1.29 is 27.5 Å². The van der Waals surface area contributed by atoms with Crippen LogP contribution in [0.15, 0.2) is 34.2 Å². The van der Waals surface area contributed by atoms with Gasteiger partial charge in [0.1, 0.15) is 23.0 Å². The molecular weight excluding hydrogens is 546 g/mol. The number of nitrogens with two attached hydrogens (primary N) is 2. The van der Waals surface area contributed by atoms with Crippen molar-refractivity contribution >= 4 is 44.9 Å². The van der Waals surface area contributed by atoms with Crippen LogP contribution in [0.5, 0.6) is 11.5 Å². The van der Waals surface area contributed by atoms with E-state index in [1.807, 2.05) is 0 Å². The number of halogens is 1. The molecule has 2 aliphatic heterocycles. The second kappa shape index (κ2) is 11.9. The number of sulfone groups is 1. The third kappa shape index (κ3) is 6.52. The van der Waals surface area contributed by atoms with Crippen LogP contribution in [0.25, 0.3) is 0 Å². The zero-order chi connectivity index (χ0) is 28.3. The van der Waals surface area contributed by atoms with Gasteiger partial charge in [-0.15, -0.1) is 0 Å². The third-order valence-corrected chi connectivity index (χ3v) is 8.62. The van der Waals surface area contributed by atoms with Gasteiger partial charge >= 0.3 is 0 Å². The van der Waals surface area contributed by atoms with Gasteiger partial charge in [0.05, 0.1) is 10.8 Å². The summed E-state index contributed by atoms with van der Waals surface area (Å²) in [6.07, 6.45) is 3.43. The largest absolute Gasteiger partial charge is 0.454 e. The first-order valence-corrected chi connectivity index (χ1v) is 14.6. The van der Waals surface area contributed by atoms with Crippen molar-refractivity contribution in [3.63, 3.8) is 0 Å². The summed E-state index contributed by atoms with van der Waals surface area (Å²) in [5, 5.41) is 0.152. The van der Waals surface area contributed by atoms with E-state index in [0.717, 1.165) is 25.9 Å². The van der Waals surface area contributed by atoms with E-state index in [9.17, 15) is 18.0 Å². The molecule has 0 bridgehead atoms. The summed E-state index contributed by atoms with van der Waals surface area (Å²) in [5.41, 5.74) is 11.7. The molecule has 1 saturated heterocycles. The molecule has 0 aliphatic carbocycles. The number of nitrogens with zero attached hydrogens (tertiary/aromatic N) is 3. The van der Waals surface area contributed by atoms with Crippen molar-refractivity contribution in [2.75, 3.05) is 44.8 Å². The van der Waals surface area contributed by atoms with Crippen molar-refractivity contribution in [3.8, 4) is 11.5 Å². The standard InChI is InChI=1S/C26H32ClN5O6S/c1-16-10-17(25(34)30-26(28)29)12-21-23(16)38-24-18(15-39(21,35)36)11-19(13-20(24)27)32(22(33)14-37-2)9-8-31-6-4-3-5-7-31/h10-13H,3-9,14-15H2,1-2H3,(H4,28,29,30,34). The van der Waals surface area contributed by atoms with Crippen LogP contribution in [0.3, 0.4) is 0 Å². The predicted molar refractivity (Wildman–Crippen MR) is 148 cm³/mol. The second-order valence-electron chi connectivity index (χ2n) is 9.62. The molecule has 11 nitrogen and oxygen atoms in total. The van der Waals surface area contributed by atoms with Gasteiger partial charge in [-0.2, -0.15) is 4.99 Å². The summed E-state index contributed by atoms with van der Waals surface area (Å²) >= 11 is 6.65. The van der Waals surface area contributed by atoms with E-state index >= 15 is 0 Å². The molecule has 0 radical (unpaired) electrons. The Kier molecular flexibility index (Phi) is 8.80. The lowest BCUT2D eigenvalue weighted by molar-refractivity contribution is -0.122. The number of carbonyl (C=O) groups is 2. The molecule has 2 aromatic rings. The predicted octanol–water partition coefficient (Wildman–Crippen LogP) is 2.61. The molecule has 1 fully saturated rings. The lowest BCUT2D eigenvalue weighted by Gasteiger charge is -2.30. The van der Waals surface area contributed by atoms with Gasteiger partial charge in [-0.3, -0.25) is 9.59 Å². The first-order valence-electron chi connectivity index (χ1n) is 12.5. The van der Waals surface area contributed by atoms with Crippen LogP contribution >= 0.6 is 11.6 Å². The van der Waals surface area contributed by atoms with Crippen molar-refractivity contribution in [3.05, 3.63) is 46.0 Å². The van der Waals surface area contributed by atoms with Gasteiger partial charge in [-0.25, -0.2) is 8.42 Å². The zero-order valence-corrected chi connectivity index (χ0v) is 23.5. The summed E-state index contributed by atoms with van der Waals surface area (Å²) in [7, 11) is -2.56. The van der Waals surface area contributed by atoms with E-state index in [1.165, 1.54) is 25.7 Å². The molecule has 4 rings (SSSR count). The minimum absolute atomic E-state index is 0.00128. The lowest BCUT2D eigenvalue weighted by atomic mass is 10.1. The number of anilines is 1. The molecule has 2 aliphatic rings. The number of ether oxygens (including phenoxy) is 2. The van der Waals surface area contributed by atoms with E-state index in [2.05, 4.69) is 9.89 Å². The molecule has 13 heteroatoms. The van der Waals surface area contributed by atoms with Crippen LogP contribution < -0.4 is 21.1 Å². The van der Waals surface area contributed by atoms with Crippen molar-refractivity contribution in [2.24, 2.45) is 16.5 Å². The fourth-order valence-corrected chi connectivity index (χ4v) is 6.67. The Balaban J connectivity index is 1.72. The molecule has 4 N–H and O–H groups in total. The summed E-state index contributed by atoms with van der Waals surface area (Å²) in [4.78, 5) is 32.6. The average molecular weight is 578 g/mol. The maximum Gasteiger partial charge on any atom is 0.280 e. The molecule has 0 saturated carbocycles. The topological polar surface area (TPSA) is 158 Å². The number of piperidine rings is 1. The summed E-state index contributed by atoms with van der Waals surface area (Å²) in [6.45, 7) is 4.46. The SMILES string of the molecule is COCC(=O)N(CCN1CCCCC1)c1cc(Cl)c2c(c1)CS(=O)(=O)c1cc(C(=O)N=C(N)N)cc(C)c1O2. The highest BCUT2D eigenvalue weighted by molar-refractivity contribution is 7.90. The van der Waals surface area contributed by atoms with Gasteiger partial charge in [0.15, 0.2) is 15.8 Å². The molecule has 2 heterocycles. The first kappa shape index (κ1) is 28.8. The first-order chi connectivity index (χ1) is 18.5. The van der Waals surface area contributed by atoms with E-state index in [4.69, 9.17) is 32.5 Å². The van der Waals surface area contributed by atoms with Crippen LogP contribution in [0.4, 0.5) is 5.69 Å². The fourth-order valence-electron chi connectivity index (χ4n) is 4.83. The summed E-state index contributed by atoms with van der Waals surface area (Å²) < 4.78 is 38.2. The fraction of sp³-hybridized carbons (Fsp3) is 0.423. The van der Waals surface area contributed by atoms with E-state index in [-0.39, 0.29) is 39.5 Å². The molecule has 210 valence electrons. The van der Waals surface area contributed by atoms with Gasteiger partial charge in [-0.05, 0) is 62.7 Å². The van der Waals surface area contributed by atoms with Crippen LogP contribution in [-0.2, 0) is 25.1 Å². The number of guanidine groups is 1. The van der Waals surface area contributed by atoms with E-state index < -0.39 is 27.5 Å².